The van der Waals surface area contributed by atoms with E-state index in [0.717, 1.165) is 6.42 Å². The number of nitrogens with zero attached hydrogens (tertiary/aromatic N) is 1. The fourth-order valence-electron chi connectivity index (χ4n) is 11.8. The molecule has 1 unspecified atom stereocenters. The van der Waals surface area contributed by atoms with Crippen LogP contribution in [0.15, 0.2) is 248 Å². The predicted octanol–water partition coefficient (Wildman–Crippen LogP) is 15.8. The van der Waals surface area contributed by atoms with Crippen LogP contribution < -0.4 is 4.90 Å². The Morgan fingerprint density at radius 2 is 0.859 bits per heavy atom. The molecule has 3 aliphatic rings. The van der Waals surface area contributed by atoms with Crippen LogP contribution in [-0.4, -0.2) is 6.04 Å². The Morgan fingerprint density at radius 1 is 0.391 bits per heavy atom. The lowest BCUT2D eigenvalue weighted by Crippen LogP contribution is -2.34. The Balaban J connectivity index is 1.00. The second kappa shape index (κ2) is 14.5. The van der Waals surface area contributed by atoms with Gasteiger partial charge in [0.1, 0.15) is 0 Å². The zero-order valence-corrected chi connectivity index (χ0v) is 36.1. The predicted molar refractivity (Wildman–Crippen MR) is 269 cm³/mol. The van der Waals surface area contributed by atoms with Crippen LogP contribution in [0.5, 0.6) is 0 Å². The molecule has 3 aliphatic carbocycles. The lowest BCUT2D eigenvalue weighted by molar-refractivity contribution is 0.719. The van der Waals surface area contributed by atoms with Crippen LogP contribution in [0, 0.1) is 0 Å². The number of rotatable bonds is 7. The lowest BCUT2D eigenvalue weighted by Gasteiger charge is -2.39. The summed E-state index contributed by atoms with van der Waals surface area (Å²) in [7, 11) is 0. The first kappa shape index (κ1) is 37.1. The monoisotopic (exact) mass is 833 g/mol. The lowest BCUT2D eigenvalue weighted by atomic mass is 9.66. The van der Waals surface area contributed by atoms with Crippen LogP contribution in [0.1, 0.15) is 45.4 Å². The smallest absolute Gasteiger partial charge is 0.0713 e. The van der Waals surface area contributed by atoms with Crippen molar-refractivity contribution in [2.24, 2.45) is 0 Å². The van der Waals surface area contributed by atoms with E-state index in [1.807, 2.05) is 11.3 Å². The third-order valence-corrected chi connectivity index (χ3v) is 15.5. The third kappa shape index (κ3) is 5.24. The summed E-state index contributed by atoms with van der Waals surface area (Å²) in [5.41, 5.74) is 17.2. The molecule has 64 heavy (non-hydrogen) atoms. The van der Waals surface area contributed by atoms with Crippen molar-refractivity contribution in [1.29, 1.82) is 0 Å². The number of hydrogen-bond acceptors (Lipinski definition) is 2. The fraction of sp³-hybridized carbons (Fsp3) is 0.0645. The highest BCUT2D eigenvalue weighted by molar-refractivity contribution is 7.25. The number of thiophene rings is 1. The van der Waals surface area contributed by atoms with Gasteiger partial charge in [0.25, 0.3) is 0 Å². The van der Waals surface area contributed by atoms with Crippen molar-refractivity contribution < 1.29 is 0 Å². The molecular weight excluding hydrogens is 791 g/mol. The van der Waals surface area contributed by atoms with E-state index in [0.29, 0.717) is 0 Å². The molecule has 0 saturated heterocycles. The van der Waals surface area contributed by atoms with E-state index in [9.17, 15) is 0 Å². The van der Waals surface area contributed by atoms with Gasteiger partial charge in [0, 0.05) is 31.5 Å². The van der Waals surface area contributed by atoms with E-state index in [1.54, 1.807) is 0 Å². The standard InChI is InChI=1S/C62H43NS/c1-4-18-42(19-5-1)61(43-20-6-2-7-21-43)57-30-16-12-26-51(57)53-40-47(36-38-58(53)61)63(48-37-39-60-54(41-48)52-27-13-17-31-59(52)64-60)46-34-32-45(33-35-46)62(44-22-8-3-9-23-44)55-28-14-10-24-49(55)50-25-11-15-29-56(50)62/h1-34,36-41,46H,35H2. The van der Waals surface area contributed by atoms with Gasteiger partial charge in [-0.05, 0) is 110 Å². The first-order valence-corrected chi connectivity index (χ1v) is 23.3. The van der Waals surface area contributed by atoms with Crippen molar-refractivity contribution in [3.63, 3.8) is 0 Å². The highest BCUT2D eigenvalue weighted by Crippen LogP contribution is 2.59. The van der Waals surface area contributed by atoms with Gasteiger partial charge < -0.3 is 4.90 Å². The SMILES string of the molecule is C1=CC(N(c2ccc3c(c2)-c2ccccc2C3(c2ccccc2)c2ccccc2)c2ccc3sc4ccccc4c3c2)CC=C1C1(c2ccccc2)c2ccccc2-c2ccccc21. The summed E-state index contributed by atoms with van der Waals surface area (Å²) < 4.78 is 2.63. The molecule has 0 spiro atoms. The zero-order valence-electron chi connectivity index (χ0n) is 35.2. The highest BCUT2D eigenvalue weighted by Gasteiger charge is 2.48. The molecule has 2 heteroatoms. The third-order valence-electron chi connectivity index (χ3n) is 14.4. The minimum Gasteiger partial charge on any atom is -0.334 e. The maximum absolute atomic E-state index is 2.61. The molecule has 13 rings (SSSR count). The summed E-state index contributed by atoms with van der Waals surface area (Å²) in [5, 5.41) is 2.62. The van der Waals surface area contributed by atoms with Gasteiger partial charge >= 0.3 is 0 Å². The van der Waals surface area contributed by atoms with Crippen molar-refractivity contribution in [2.45, 2.75) is 23.3 Å². The summed E-state index contributed by atoms with van der Waals surface area (Å²) >= 11 is 1.88. The Bertz CT molecular complexity index is 3400. The molecule has 1 aromatic heterocycles. The largest absolute Gasteiger partial charge is 0.334 e. The summed E-state index contributed by atoms with van der Waals surface area (Å²) in [5.74, 6) is 0. The second-order valence-electron chi connectivity index (χ2n) is 17.4. The van der Waals surface area contributed by atoms with Crippen molar-refractivity contribution >= 4 is 42.9 Å². The topological polar surface area (TPSA) is 3.24 Å². The number of fused-ring (bicyclic) bond motifs is 9. The van der Waals surface area contributed by atoms with Gasteiger partial charge in [-0.1, -0.05) is 206 Å². The first-order valence-electron chi connectivity index (χ1n) is 22.4. The molecular formula is C62H43NS. The summed E-state index contributed by atoms with van der Waals surface area (Å²) in [6.45, 7) is 0. The van der Waals surface area contributed by atoms with Gasteiger partial charge in [0.2, 0.25) is 0 Å². The molecule has 10 aromatic rings. The average molecular weight is 834 g/mol. The van der Waals surface area contributed by atoms with E-state index in [1.165, 1.54) is 98.3 Å². The van der Waals surface area contributed by atoms with Crippen molar-refractivity contribution in [2.75, 3.05) is 4.90 Å². The van der Waals surface area contributed by atoms with Crippen LogP contribution >= 0.6 is 11.3 Å². The maximum Gasteiger partial charge on any atom is 0.0713 e. The Morgan fingerprint density at radius 3 is 1.47 bits per heavy atom. The van der Waals surface area contributed by atoms with Gasteiger partial charge in [-0.2, -0.15) is 0 Å². The molecule has 0 amide bonds. The van der Waals surface area contributed by atoms with E-state index < -0.39 is 10.8 Å². The molecule has 0 N–H and O–H groups in total. The molecule has 302 valence electrons. The number of benzene rings is 9. The van der Waals surface area contributed by atoms with Crippen molar-refractivity contribution in [3.05, 3.63) is 287 Å². The minimum atomic E-state index is -0.450. The molecule has 0 bridgehead atoms. The molecule has 9 aromatic carbocycles. The summed E-state index contributed by atoms with van der Waals surface area (Å²) in [6.07, 6.45) is 8.32. The van der Waals surface area contributed by atoms with Crippen LogP contribution in [0.2, 0.25) is 0 Å². The average Bonchev–Trinajstić information content (AvgIpc) is 4.00. The maximum atomic E-state index is 2.61. The number of anilines is 2. The Kier molecular flexibility index (Phi) is 8.41. The summed E-state index contributed by atoms with van der Waals surface area (Å²) in [4.78, 5) is 2.61. The van der Waals surface area contributed by atoms with E-state index >= 15 is 0 Å². The van der Waals surface area contributed by atoms with Crippen LogP contribution in [-0.2, 0) is 10.8 Å². The molecule has 0 fully saturated rings. The molecule has 1 nitrogen and oxygen atoms in total. The van der Waals surface area contributed by atoms with Crippen LogP contribution in [0.3, 0.4) is 0 Å². The van der Waals surface area contributed by atoms with Gasteiger partial charge in [-0.15, -0.1) is 11.3 Å². The van der Waals surface area contributed by atoms with E-state index in [2.05, 4.69) is 248 Å². The van der Waals surface area contributed by atoms with Crippen molar-refractivity contribution in [3.8, 4) is 22.3 Å². The molecule has 0 aliphatic heterocycles. The highest BCUT2D eigenvalue weighted by atomic mass is 32.1. The van der Waals surface area contributed by atoms with E-state index in [4.69, 9.17) is 0 Å². The molecule has 1 atom stereocenters. The molecule has 1 heterocycles. The quantitative estimate of drug-likeness (QED) is 0.155. The second-order valence-corrected chi connectivity index (χ2v) is 18.5. The van der Waals surface area contributed by atoms with Gasteiger partial charge in [0.15, 0.2) is 0 Å². The number of hydrogen-bond donors (Lipinski definition) is 0. The summed E-state index contributed by atoms with van der Waals surface area (Å²) in [6, 6.07) is 83.9. The van der Waals surface area contributed by atoms with Crippen LogP contribution in [0.4, 0.5) is 11.4 Å². The Hall–Kier alpha value is -7.52. The van der Waals surface area contributed by atoms with Gasteiger partial charge in [0.05, 0.1) is 16.9 Å². The van der Waals surface area contributed by atoms with E-state index in [-0.39, 0.29) is 6.04 Å². The van der Waals surface area contributed by atoms with Crippen LogP contribution in [0.25, 0.3) is 42.4 Å². The molecule has 0 radical (unpaired) electrons. The minimum absolute atomic E-state index is 0.0634. The molecule has 0 saturated carbocycles. The van der Waals surface area contributed by atoms with Gasteiger partial charge in [-0.25, -0.2) is 0 Å². The van der Waals surface area contributed by atoms with Crippen molar-refractivity contribution in [1.82, 2.24) is 0 Å². The normalized spacial score (nSPS) is 16.2. The first-order chi connectivity index (χ1) is 31.7. The fourth-order valence-corrected chi connectivity index (χ4v) is 12.9. The van der Waals surface area contributed by atoms with Gasteiger partial charge in [-0.3, -0.25) is 0 Å². The zero-order chi connectivity index (χ0) is 42.2. The number of allylic oxidation sites excluding steroid dienone is 2. The Labute approximate surface area is 378 Å².